The first-order valence-electron chi connectivity index (χ1n) is 7.68. The molecule has 0 bridgehead atoms. The van der Waals surface area contributed by atoms with Crippen molar-refractivity contribution in [3.63, 3.8) is 0 Å². The average molecular weight is 360 g/mol. The predicted octanol–water partition coefficient (Wildman–Crippen LogP) is 2.86. The van der Waals surface area contributed by atoms with Crippen LogP contribution in [0.2, 0.25) is 0 Å². The van der Waals surface area contributed by atoms with E-state index >= 15 is 0 Å². The summed E-state index contributed by atoms with van der Waals surface area (Å²) >= 11 is 0. The Labute approximate surface area is 149 Å². The van der Waals surface area contributed by atoms with E-state index in [0.717, 1.165) is 5.56 Å². The highest BCUT2D eigenvalue weighted by Crippen LogP contribution is 2.19. The van der Waals surface area contributed by atoms with Crippen LogP contribution in [0.1, 0.15) is 21.5 Å². The highest BCUT2D eigenvalue weighted by Gasteiger charge is 2.17. The third-order valence-electron chi connectivity index (χ3n) is 3.71. The monoisotopic (exact) mass is 360 g/mol. The van der Waals surface area contributed by atoms with E-state index in [9.17, 15) is 24.1 Å². The van der Waals surface area contributed by atoms with Gasteiger partial charge in [-0.25, -0.2) is 9.18 Å². The summed E-state index contributed by atoms with van der Waals surface area (Å²) in [5.41, 5.74) is 1.09. The molecule has 0 fully saturated rings. The Kier molecular flexibility index (Phi) is 6.00. The van der Waals surface area contributed by atoms with Gasteiger partial charge in [0.2, 0.25) is 0 Å². The Balaban J connectivity index is 1.91. The van der Waals surface area contributed by atoms with Crippen molar-refractivity contribution in [3.05, 3.63) is 75.1 Å². The number of carbonyl (C=O) groups excluding carboxylic acids is 2. The summed E-state index contributed by atoms with van der Waals surface area (Å²) in [6.45, 7) is 1.29. The third kappa shape index (κ3) is 4.85. The van der Waals surface area contributed by atoms with E-state index < -0.39 is 23.4 Å². The molecule has 7 nitrogen and oxygen atoms in total. The van der Waals surface area contributed by atoms with E-state index in [1.165, 1.54) is 49.2 Å². The fourth-order valence-corrected chi connectivity index (χ4v) is 2.26. The molecule has 0 aliphatic carbocycles. The number of esters is 1. The van der Waals surface area contributed by atoms with E-state index in [0.29, 0.717) is 5.56 Å². The fourth-order valence-electron chi connectivity index (χ4n) is 2.26. The average Bonchev–Trinajstić information content (AvgIpc) is 2.60. The zero-order valence-corrected chi connectivity index (χ0v) is 14.3. The molecule has 0 N–H and O–H groups in total. The van der Waals surface area contributed by atoms with Gasteiger partial charge in [0.1, 0.15) is 5.82 Å². The number of likely N-dealkylation sites (N-methyl/N-ethyl adjacent to an activating group) is 1. The van der Waals surface area contributed by atoms with Crippen LogP contribution in [0.25, 0.3) is 0 Å². The molecular weight excluding hydrogens is 343 g/mol. The van der Waals surface area contributed by atoms with Gasteiger partial charge in [-0.1, -0.05) is 12.1 Å². The third-order valence-corrected chi connectivity index (χ3v) is 3.71. The second-order valence-corrected chi connectivity index (χ2v) is 5.71. The van der Waals surface area contributed by atoms with Crippen LogP contribution in [-0.4, -0.2) is 35.4 Å². The molecule has 2 rings (SSSR count). The van der Waals surface area contributed by atoms with Gasteiger partial charge >= 0.3 is 5.97 Å². The standard InChI is InChI=1S/C18H17FN2O5/c1-12-9-14(5-8-16(12)21(24)25)18(23)26-11-17(22)20(2)10-13-3-6-15(19)7-4-13/h3-9H,10-11H2,1-2H3. The molecule has 0 saturated carbocycles. The molecule has 0 aromatic heterocycles. The number of carbonyl (C=O) groups is 2. The number of nitro groups is 1. The molecule has 26 heavy (non-hydrogen) atoms. The Hall–Kier alpha value is -3.29. The molecule has 0 aliphatic heterocycles. The molecule has 2 aromatic rings. The zero-order chi connectivity index (χ0) is 19.3. The lowest BCUT2D eigenvalue weighted by Crippen LogP contribution is -2.30. The van der Waals surface area contributed by atoms with Gasteiger partial charge in [-0.2, -0.15) is 0 Å². The zero-order valence-electron chi connectivity index (χ0n) is 14.3. The van der Waals surface area contributed by atoms with Crippen molar-refractivity contribution >= 4 is 17.6 Å². The van der Waals surface area contributed by atoms with Crippen molar-refractivity contribution in [3.8, 4) is 0 Å². The summed E-state index contributed by atoms with van der Waals surface area (Å²) in [5.74, 6) is -1.54. The number of hydrogen-bond donors (Lipinski definition) is 0. The van der Waals surface area contributed by atoms with Crippen LogP contribution in [0.4, 0.5) is 10.1 Å². The van der Waals surface area contributed by atoms with Gasteiger partial charge in [0, 0.05) is 25.2 Å². The lowest BCUT2D eigenvalue weighted by molar-refractivity contribution is -0.385. The first kappa shape index (κ1) is 19.0. The summed E-state index contributed by atoms with van der Waals surface area (Å²) in [5, 5.41) is 10.8. The minimum Gasteiger partial charge on any atom is -0.452 e. The van der Waals surface area contributed by atoms with Gasteiger partial charge in [-0.15, -0.1) is 0 Å². The quantitative estimate of drug-likeness (QED) is 0.449. The van der Waals surface area contributed by atoms with Gasteiger partial charge < -0.3 is 9.64 Å². The summed E-state index contributed by atoms with van der Waals surface area (Å²) in [4.78, 5) is 35.6. The molecular formula is C18H17FN2O5. The Morgan fingerprint density at radius 1 is 1.19 bits per heavy atom. The first-order valence-corrected chi connectivity index (χ1v) is 7.68. The Bertz CT molecular complexity index is 836. The van der Waals surface area contributed by atoms with Crippen molar-refractivity contribution in [2.75, 3.05) is 13.7 Å². The molecule has 1 amide bonds. The molecule has 0 radical (unpaired) electrons. The number of nitrogens with zero attached hydrogens (tertiary/aromatic N) is 2. The molecule has 0 heterocycles. The van der Waals surface area contributed by atoms with Gasteiger partial charge in [0.05, 0.1) is 10.5 Å². The van der Waals surface area contributed by atoms with Crippen LogP contribution >= 0.6 is 0 Å². The molecule has 0 spiro atoms. The minimum atomic E-state index is -0.744. The van der Waals surface area contributed by atoms with Gasteiger partial charge in [0.25, 0.3) is 11.6 Å². The maximum Gasteiger partial charge on any atom is 0.338 e. The topological polar surface area (TPSA) is 89.8 Å². The van der Waals surface area contributed by atoms with Crippen LogP contribution in [-0.2, 0) is 16.1 Å². The number of halogens is 1. The van der Waals surface area contributed by atoms with E-state index in [-0.39, 0.29) is 23.6 Å². The van der Waals surface area contributed by atoms with Crippen LogP contribution in [0.15, 0.2) is 42.5 Å². The molecule has 2 aromatic carbocycles. The number of benzene rings is 2. The number of rotatable bonds is 6. The molecule has 0 saturated heterocycles. The summed E-state index contributed by atoms with van der Waals surface area (Å²) in [7, 11) is 1.54. The smallest absolute Gasteiger partial charge is 0.338 e. The van der Waals surface area contributed by atoms with Crippen molar-refractivity contribution in [1.82, 2.24) is 4.90 Å². The number of aryl methyl sites for hydroxylation is 1. The van der Waals surface area contributed by atoms with E-state index in [1.807, 2.05) is 0 Å². The molecule has 0 aliphatic rings. The SMILES string of the molecule is Cc1cc(C(=O)OCC(=O)N(C)Cc2ccc(F)cc2)ccc1[N+](=O)[O-]. The number of amides is 1. The largest absolute Gasteiger partial charge is 0.452 e. The lowest BCUT2D eigenvalue weighted by atomic mass is 10.1. The summed E-state index contributed by atoms with van der Waals surface area (Å²) in [6.07, 6.45) is 0. The summed E-state index contributed by atoms with van der Waals surface area (Å²) in [6, 6.07) is 9.55. The second kappa shape index (κ2) is 8.19. The van der Waals surface area contributed by atoms with Gasteiger partial charge in [0.15, 0.2) is 6.61 Å². The Morgan fingerprint density at radius 3 is 2.42 bits per heavy atom. The first-order chi connectivity index (χ1) is 12.3. The van der Waals surface area contributed by atoms with Crippen molar-refractivity contribution in [2.45, 2.75) is 13.5 Å². The lowest BCUT2D eigenvalue weighted by Gasteiger charge is -2.17. The van der Waals surface area contributed by atoms with Gasteiger partial charge in [-0.05, 0) is 36.8 Å². The van der Waals surface area contributed by atoms with Crippen LogP contribution < -0.4 is 0 Å². The van der Waals surface area contributed by atoms with Gasteiger partial charge in [-0.3, -0.25) is 14.9 Å². The fraction of sp³-hybridized carbons (Fsp3) is 0.222. The number of hydrogen-bond acceptors (Lipinski definition) is 5. The van der Waals surface area contributed by atoms with Crippen LogP contribution in [0.3, 0.4) is 0 Å². The maximum absolute atomic E-state index is 12.9. The predicted molar refractivity (Wildman–Crippen MR) is 91.0 cm³/mol. The van der Waals surface area contributed by atoms with Crippen LogP contribution in [0.5, 0.6) is 0 Å². The summed E-state index contributed by atoms with van der Waals surface area (Å²) < 4.78 is 17.8. The minimum absolute atomic E-state index is 0.100. The van der Waals surface area contributed by atoms with Crippen molar-refractivity contribution in [1.29, 1.82) is 0 Å². The van der Waals surface area contributed by atoms with Crippen LogP contribution in [0, 0.1) is 22.9 Å². The number of nitro benzene ring substituents is 1. The Morgan fingerprint density at radius 2 is 1.85 bits per heavy atom. The molecule has 0 atom stereocenters. The number of ether oxygens (including phenoxy) is 1. The van der Waals surface area contributed by atoms with Crippen molar-refractivity contribution in [2.24, 2.45) is 0 Å². The maximum atomic E-state index is 12.9. The van der Waals surface area contributed by atoms with Crippen molar-refractivity contribution < 1.29 is 23.6 Å². The highest BCUT2D eigenvalue weighted by molar-refractivity contribution is 5.91. The van der Waals surface area contributed by atoms with E-state index in [2.05, 4.69) is 0 Å². The van der Waals surface area contributed by atoms with E-state index in [1.54, 1.807) is 12.1 Å². The normalized spacial score (nSPS) is 10.3. The highest BCUT2D eigenvalue weighted by atomic mass is 19.1. The molecule has 0 unspecified atom stereocenters. The molecule has 136 valence electrons. The molecule has 8 heteroatoms. The second-order valence-electron chi connectivity index (χ2n) is 5.71. The van der Waals surface area contributed by atoms with E-state index in [4.69, 9.17) is 4.74 Å².